The Labute approximate surface area is 273 Å². The van der Waals surface area contributed by atoms with Gasteiger partial charge in [-0.1, -0.05) is 94.8 Å². The maximum absolute atomic E-state index is 4.97. The second-order valence-electron chi connectivity index (χ2n) is 9.87. The minimum absolute atomic E-state index is 0. The molecule has 1 aromatic heterocycles. The molecule has 40 heavy (non-hydrogen) atoms. The summed E-state index contributed by atoms with van der Waals surface area (Å²) in [4.78, 5) is 14.8. The van der Waals surface area contributed by atoms with Crippen LogP contribution in [0.5, 0.6) is 0 Å². The van der Waals surface area contributed by atoms with E-state index in [-0.39, 0.29) is 55.8 Å². The molecule has 1 radical (unpaired) electrons. The number of benzene rings is 2. The molecule has 0 bridgehead atoms. The van der Waals surface area contributed by atoms with E-state index in [1.165, 1.54) is 33.4 Å². The summed E-state index contributed by atoms with van der Waals surface area (Å²) in [5, 5.41) is 0. The fraction of sp³-hybridized carbons (Fsp3) is 0.424. The molecule has 3 rings (SSSR count). The molecule has 0 amide bonds. The summed E-state index contributed by atoms with van der Waals surface area (Å²) >= 11 is 0. The molecule has 0 aliphatic rings. The number of aliphatic imine (C=N–C) groups is 2. The second kappa shape index (κ2) is 21.1. The smallest absolute Gasteiger partial charge is 0.0820 e. The van der Waals surface area contributed by atoms with Crippen molar-refractivity contribution in [3.05, 3.63) is 87.2 Å². The molecule has 3 aromatic rings. The maximum atomic E-state index is 4.97. The summed E-state index contributed by atoms with van der Waals surface area (Å²) in [7, 11) is 0. The first-order valence-corrected chi connectivity index (χ1v) is 13.8. The Morgan fingerprint density at radius 2 is 0.875 bits per heavy atom. The third-order valence-corrected chi connectivity index (χ3v) is 6.35. The van der Waals surface area contributed by atoms with E-state index >= 15 is 0 Å². The van der Waals surface area contributed by atoms with Crippen molar-refractivity contribution in [3.63, 3.8) is 0 Å². The SMILES string of the molecule is CCCc1cc(C)cc(CCC)c1N=Cc1cccc(C=Nc2c(CCC)cc(C)cc2CCC)n1.[Cl-].[Cl-].[Cl-].[V]. The van der Waals surface area contributed by atoms with E-state index in [9.17, 15) is 0 Å². The van der Waals surface area contributed by atoms with Gasteiger partial charge in [0.1, 0.15) is 0 Å². The molecule has 0 aliphatic carbocycles. The van der Waals surface area contributed by atoms with Crippen LogP contribution in [0.15, 0.2) is 52.4 Å². The average molecular weight is 639 g/mol. The van der Waals surface area contributed by atoms with Gasteiger partial charge in [0.25, 0.3) is 0 Å². The van der Waals surface area contributed by atoms with Gasteiger partial charge in [0, 0.05) is 18.6 Å². The van der Waals surface area contributed by atoms with Crippen LogP contribution in [0.1, 0.15) is 98.1 Å². The van der Waals surface area contributed by atoms with Crippen molar-refractivity contribution < 1.29 is 55.8 Å². The zero-order valence-corrected chi connectivity index (χ0v) is 28.4. The van der Waals surface area contributed by atoms with Crippen LogP contribution in [0.3, 0.4) is 0 Å². The van der Waals surface area contributed by atoms with Crippen LogP contribution in [0.4, 0.5) is 11.4 Å². The fourth-order valence-corrected chi connectivity index (χ4v) is 4.91. The predicted octanol–water partition coefficient (Wildman–Crippen LogP) is 0.0191. The molecule has 7 heteroatoms. The van der Waals surface area contributed by atoms with Crippen LogP contribution < -0.4 is 37.2 Å². The van der Waals surface area contributed by atoms with Crippen molar-refractivity contribution in [2.24, 2.45) is 9.98 Å². The summed E-state index contributed by atoms with van der Waals surface area (Å²) in [5.74, 6) is 0. The van der Waals surface area contributed by atoms with E-state index in [2.05, 4.69) is 65.8 Å². The van der Waals surface area contributed by atoms with E-state index < -0.39 is 0 Å². The van der Waals surface area contributed by atoms with Crippen LogP contribution in [-0.2, 0) is 44.2 Å². The molecule has 0 unspecified atom stereocenters. The summed E-state index contributed by atoms with van der Waals surface area (Å²) in [5.41, 5.74) is 11.9. The zero-order chi connectivity index (χ0) is 25.9. The first-order chi connectivity index (χ1) is 17.5. The van der Waals surface area contributed by atoms with Gasteiger partial charge in [-0.2, -0.15) is 0 Å². The summed E-state index contributed by atoms with van der Waals surface area (Å²) in [6, 6.07) is 15.2. The first kappa shape index (κ1) is 40.5. The van der Waals surface area contributed by atoms with Gasteiger partial charge in [0.05, 0.1) is 35.2 Å². The Morgan fingerprint density at radius 1 is 0.575 bits per heavy atom. The summed E-state index contributed by atoms with van der Waals surface area (Å²) < 4.78 is 0. The minimum atomic E-state index is 0. The van der Waals surface area contributed by atoms with E-state index in [1.54, 1.807) is 0 Å². The van der Waals surface area contributed by atoms with E-state index in [0.29, 0.717) is 0 Å². The Morgan fingerprint density at radius 3 is 1.15 bits per heavy atom. The number of nitrogens with zero attached hydrogens (tertiary/aromatic N) is 3. The van der Waals surface area contributed by atoms with E-state index in [1.807, 2.05) is 30.6 Å². The van der Waals surface area contributed by atoms with Crippen molar-refractivity contribution in [1.82, 2.24) is 4.98 Å². The molecule has 0 atom stereocenters. The molecule has 219 valence electrons. The van der Waals surface area contributed by atoms with Crippen LogP contribution in [0.2, 0.25) is 0 Å². The van der Waals surface area contributed by atoms with Gasteiger partial charge in [-0.25, -0.2) is 4.98 Å². The number of aryl methyl sites for hydroxylation is 6. The number of halogens is 3. The van der Waals surface area contributed by atoms with Gasteiger partial charge in [-0.15, -0.1) is 0 Å². The summed E-state index contributed by atoms with van der Waals surface area (Å²) in [6.07, 6.45) is 12.4. The quantitative estimate of drug-likeness (QED) is 0.258. The topological polar surface area (TPSA) is 37.6 Å². The normalized spacial score (nSPS) is 10.6. The number of pyridine rings is 1. The minimum Gasteiger partial charge on any atom is -1.00 e. The number of hydrogen-bond acceptors (Lipinski definition) is 3. The van der Waals surface area contributed by atoms with Gasteiger partial charge < -0.3 is 37.2 Å². The van der Waals surface area contributed by atoms with Gasteiger partial charge in [-0.3, -0.25) is 9.98 Å². The van der Waals surface area contributed by atoms with Crippen molar-refractivity contribution in [2.45, 2.75) is 92.9 Å². The van der Waals surface area contributed by atoms with Gasteiger partial charge >= 0.3 is 0 Å². The molecule has 0 fully saturated rings. The number of rotatable bonds is 12. The Bertz CT molecular complexity index is 1080. The van der Waals surface area contributed by atoms with Crippen LogP contribution in [0, 0.1) is 13.8 Å². The molecule has 0 aliphatic heterocycles. The van der Waals surface area contributed by atoms with Gasteiger partial charge in [0.2, 0.25) is 0 Å². The third-order valence-electron chi connectivity index (χ3n) is 6.35. The predicted molar refractivity (Wildman–Crippen MR) is 157 cm³/mol. The van der Waals surface area contributed by atoms with Crippen molar-refractivity contribution in [1.29, 1.82) is 0 Å². The Hall–Kier alpha value is -1.62. The molecule has 0 saturated carbocycles. The van der Waals surface area contributed by atoms with E-state index in [0.717, 1.165) is 74.1 Å². The largest absolute Gasteiger partial charge is 1.00 e. The Kier molecular flexibility index (Phi) is 21.4. The Balaban J connectivity index is 0. The number of hydrogen-bond donors (Lipinski definition) is 0. The molecule has 0 saturated heterocycles. The monoisotopic (exact) mass is 637 g/mol. The standard InChI is InChI=1S/C33H43N3.3ClH.V/c1-7-12-26-18-24(5)19-27(13-8-2)32(26)34-22-30-16-11-17-31(36-30)23-35-33-28(14-9-3)20-25(6)21-29(33)15-10-4;;;;/h11,16-23H,7-10,12-15H2,1-6H3;3*1H;/p-3. The average Bonchev–Trinajstić information content (AvgIpc) is 2.84. The fourth-order valence-electron chi connectivity index (χ4n) is 4.91. The van der Waals surface area contributed by atoms with Crippen LogP contribution in [-0.4, -0.2) is 17.4 Å². The molecule has 2 aromatic carbocycles. The molecule has 3 nitrogen and oxygen atoms in total. The molecule has 0 N–H and O–H groups in total. The zero-order valence-electron chi connectivity index (χ0n) is 24.8. The van der Waals surface area contributed by atoms with Gasteiger partial charge in [-0.05, 0) is 73.9 Å². The second-order valence-corrected chi connectivity index (χ2v) is 9.87. The van der Waals surface area contributed by atoms with Crippen molar-refractivity contribution in [2.75, 3.05) is 0 Å². The third kappa shape index (κ3) is 11.7. The molecule has 0 spiro atoms. The maximum Gasteiger partial charge on any atom is 0.0820 e. The van der Waals surface area contributed by atoms with Gasteiger partial charge in [0.15, 0.2) is 0 Å². The van der Waals surface area contributed by atoms with E-state index in [4.69, 9.17) is 15.0 Å². The number of aromatic nitrogens is 1. The molecular weight excluding hydrogens is 596 g/mol. The summed E-state index contributed by atoms with van der Waals surface area (Å²) in [6.45, 7) is 13.3. The van der Waals surface area contributed by atoms with Crippen molar-refractivity contribution in [3.8, 4) is 0 Å². The van der Waals surface area contributed by atoms with Crippen molar-refractivity contribution >= 4 is 23.8 Å². The molecule has 1 heterocycles. The van der Waals surface area contributed by atoms with Crippen LogP contribution >= 0.6 is 0 Å². The molecular formula is C33H43Cl3N3V-3. The van der Waals surface area contributed by atoms with Crippen LogP contribution in [0.25, 0.3) is 0 Å². The first-order valence-electron chi connectivity index (χ1n) is 13.8.